The summed E-state index contributed by atoms with van der Waals surface area (Å²) in [5, 5.41) is 0. The first-order chi connectivity index (χ1) is 13.0. The molecule has 0 bridgehead atoms. The smallest absolute Gasteiger partial charge is 0.318 e. The van der Waals surface area contributed by atoms with Crippen LogP contribution in [0.25, 0.3) is 0 Å². The predicted octanol–water partition coefficient (Wildman–Crippen LogP) is 3.05. The summed E-state index contributed by atoms with van der Waals surface area (Å²) in [6.07, 6.45) is 1.04. The summed E-state index contributed by atoms with van der Waals surface area (Å²) in [5.41, 5.74) is 7.14. The highest BCUT2D eigenvalue weighted by Crippen LogP contribution is 2.17. The number of methoxy groups -OCH3 is 1. The fourth-order valence-corrected chi connectivity index (χ4v) is 2.32. The van der Waals surface area contributed by atoms with E-state index in [1.807, 2.05) is 31.2 Å². The van der Waals surface area contributed by atoms with Crippen LogP contribution in [0.3, 0.4) is 0 Å². The Hall–Kier alpha value is -3.49. The number of hydrogen-bond acceptors (Lipinski definition) is 8. The van der Waals surface area contributed by atoms with Crippen molar-refractivity contribution in [3.05, 3.63) is 59.4 Å². The van der Waals surface area contributed by atoms with Gasteiger partial charge in [-0.3, -0.25) is 10.9 Å². The van der Waals surface area contributed by atoms with Gasteiger partial charge in [-0.2, -0.15) is 4.98 Å². The molecular formula is C18H19FN6O2. The van der Waals surface area contributed by atoms with Crippen molar-refractivity contribution >= 4 is 11.6 Å². The first-order valence-corrected chi connectivity index (χ1v) is 8.16. The Balaban J connectivity index is 1.66. The average Bonchev–Trinajstić information content (AvgIpc) is 2.65. The zero-order valence-corrected chi connectivity index (χ0v) is 15.2. The Kier molecular flexibility index (Phi) is 5.60. The number of nitrogens with zero attached hydrogens (tertiary/aromatic N) is 4. The zero-order chi connectivity index (χ0) is 19.2. The van der Waals surface area contributed by atoms with E-state index >= 15 is 0 Å². The molecule has 0 unspecified atom stereocenters. The highest BCUT2D eigenvalue weighted by molar-refractivity contribution is 5.45. The van der Waals surface area contributed by atoms with E-state index in [2.05, 4.69) is 30.8 Å². The van der Waals surface area contributed by atoms with E-state index in [-0.39, 0.29) is 18.4 Å². The van der Waals surface area contributed by atoms with Crippen molar-refractivity contribution in [3.8, 4) is 11.8 Å². The van der Waals surface area contributed by atoms with Crippen LogP contribution in [0.15, 0.2) is 36.5 Å². The topological polar surface area (TPSA) is 94.1 Å². The minimum atomic E-state index is -0.626. The lowest BCUT2D eigenvalue weighted by Gasteiger charge is -2.11. The van der Waals surface area contributed by atoms with Crippen LogP contribution < -0.4 is 20.3 Å². The van der Waals surface area contributed by atoms with E-state index in [0.29, 0.717) is 11.6 Å². The fraction of sp³-hybridized carbons (Fsp3) is 0.222. The Morgan fingerprint density at radius 2 is 1.93 bits per heavy atom. The van der Waals surface area contributed by atoms with Crippen molar-refractivity contribution < 1.29 is 13.9 Å². The molecule has 0 fully saturated rings. The van der Waals surface area contributed by atoms with Gasteiger partial charge in [0.2, 0.25) is 0 Å². The summed E-state index contributed by atoms with van der Waals surface area (Å²) in [7, 11) is 1.59. The van der Waals surface area contributed by atoms with Gasteiger partial charge in [0.05, 0.1) is 13.3 Å². The number of aromatic nitrogens is 4. The Morgan fingerprint density at radius 3 is 2.70 bits per heavy atom. The van der Waals surface area contributed by atoms with Gasteiger partial charge in [0.25, 0.3) is 0 Å². The van der Waals surface area contributed by atoms with Gasteiger partial charge in [0, 0.05) is 11.8 Å². The Labute approximate surface area is 155 Å². The standard InChI is InChI=1S/C18H19FN6O2/c1-11-7-16(22-12(2)21-11)24-25-17-15(19)9-20-18(23-17)27-10-13-5-4-6-14(8-13)26-3/h4-9H,10H2,1-3H3,(H,20,23,25)(H,21,22,24). The van der Waals surface area contributed by atoms with Gasteiger partial charge in [-0.05, 0) is 31.5 Å². The summed E-state index contributed by atoms with van der Waals surface area (Å²) in [5.74, 6) is 1.14. The predicted molar refractivity (Wildman–Crippen MR) is 98.1 cm³/mol. The molecule has 3 rings (SSSR count). The third-order valence-electron chi connectivity index (χ3n) is 3.50. The molecule has 1 aromatic carbocycles. The molecule has 0 amide bonds. The molecule has 0 saturated heterocycles. The summed E-state index contributed by atoms with van der Waals surface area (Å²) >= 11 is 0. The minimum absolute atomic E-state index is 0.0403. The van der Waals surface area contributed by atoms with Crippen molar-refractivity contribution in [2.75, 3.05) is 18.0 Å². The monoisotopic (exact) mass is 370 g/mol. The third-order valence-corrected chi connectivity index (χ3v) is 3.50. The van der Waals surface area contributed by atoms with Crippen LogP contribution >= 0.6 is 0 Å². The quantitative estimate of drug-likeness (QED) is 0.613. The number of anilines is 2. The van der Waals surface area contributed by atoms with Crippen molar-refractivity contribution in [2.45, 2.75) is 20.5 Å². The molecule has 0 atom stereocenters. The average molecular weight is 370 g/mol. The third kappa shape index (κ3) is 5.00. The van der Waals surface area contributed by atoms with Crippen molar-refractivity contribution in [2.24, 2.45) is 0 Å². The van der Waals surface area contributed by atoms with Gasteiger partial charge < -0.3 is 9.47 Å². The maximum atomic E-state index is 14.0. The summed E-state index contributed by atoms with van der Waals surface area (Å²) in [6.45, 7) is 3.84. The lowest BCUT2D eigenvalue weighted by Crippen LogP contribution is -2.14. The first kappa shape index (κ1) is 18.3. The van der Waals surface area contributed by atoms with Gasteiger partial charge in [0.15, 0.2) is 11.6 Å². The SMILES string of the molecule is COc1cccc(COc2ncc(F)c(NNc3cc(C)nc(C)n3)n2)c1. The second-order valence-electron chi connectivity index (χ2n) is 5.68. The Morgan fingerprint density at radius 1 is 1.07 bits per heavy atom. The van der Waals surface area contributed by atoms with E-state index in [4.69, 9.17) is 9.47 Å². The van der Waals surface area contributed by atoms with Gasteiger partial charge in [-0.15, -0.1) is 0 Å². The minimum Gasteiger partial charge on any atom is -0.497 e. The van der Waals surface area contributed by atoms with E-state index in [1.165, 1.54) is 0 Å². The number of ether oxygens (including phenoxy) is 2. The van der Waals surface area contributed by atoms with E-state index in [9.17, 15) is 4.39 Å². The number of hydrogen-bond donors (Lipinski definition) is 2. The van der Waals surface area contributed by atoms with Crippen LogP contribution in [-0.4, -0.2) is 27.0 Å². The molecule has 0 saturated carbocycles. The second kappa shape index (κ2) is 8.26. The van der Waals surface area contributed by atoms with Gasteiger partial charge >= 0.3 is 6.01 Å². The van der Waals surface area contributed by atoms with E-state index in [1.54, 1.807) is 20.1 Å². The molecule has 3 aromatic rings. The lowest BCUT2D eigenvalue weighted by atomic mass is 10.2. The summed E-state index contributed by atoms with van der Waals surface area (Å²) in [6, 6.07) is 9.17. The van der Waals surface area contributed by atoms with Gasteiger partial charge in [0.1, 0.15) is 24.0 Å². The molecule has 0 aliphatic rings. The molecule has 0 aliphatic carbocycles. The molecule has 0 radical (unpaired) electrons. The molecule has 140 valence electrons. The maximum Gasteiger partial charge on any atom is 0.318 e. The number of aryl methyl sites for hydroxylation is 2. The number of benzene rings is 1. The number of rotatable bonds is 7. The van der Waals surface area contributed by atoms with E-state index < -0.39 is 5.82 Å². The van der Waals surface area contributed by atoms with Gasteiger partial charge in [-0.25, -0.2) is 19.3 Å². The van der Waals surface area contributed by atoms with Crippen molar-refractivity contribution in [1.29, 1.82) is 0 Å². The van der Waals surface area contributed by atoms with E-state index in [0.717, 1.165) is 23.2 Å². The number of hydrazine groups is 1. The van der Waals surface area contributed by atoms with Crippen molar-refractivity contribution in [3.63, 3.8) is 0 Å². The molecule has 2 heterocycles. The number of nitrogens with one attached hydrogen (secondary N) is 2. The van der Waals surface area contributed by atoms with Gasteiger partial charge in [-0.1, -0.05) is 12.1 Å². The molecular weight excluding hydrogens is 351 g/mol. The summed E-state index contributed by atoms with van der Waals surface area (Å²) < 4.78 is 24.7. The molecule has 0 spiro atoms. The molecule has 8 nitrogen and oxygen atoms in total. The van der Waals surface area contributed by atoms with Crippen LogP contribution in [-0.2, 0) is 6.61 Å². The lowest BCUT2D eigenvalue weighted by molar-refractivity contribution is 0.279. The van der Waals surface area contributed by atoms with Crippen LogP contribution in [0, 0.1) is 19.7 Å². The maximum absolute atomic E-state index is 14.0. The van der Waals surface area contributed by atoms with Crippen LogP contribution in [0.4, 0.5) is 16.0 Å². The fourth-order valence-electron chi connectivity index (χ4n) is 2.32. The molecule has 2 aromatic heterocycles. The van der Waals surface area contributed by atoms with Crippen molar-refractivity contribution in [1.82, 2.24) is 19.9 Å². The second-order valence-corrected chi connectivity index (χ2v) is 5.68. The van der Waals surface area contributed by atoms with Crippen LogP contribution in [0.5, 0.6) is 11.8 Å². The van der Waals surface area contributed by atoms with Crippen LogP contribution in [0.1, 0.15) is 17.1 Å². The largest absolute Gasteiger partial charge is 0.497 e. The molecule has 27 heavy (non-hydrogen) atoms. The first-order valence-electron chi connectivity index (χ1n) is 8.16. The highest BCUT2D eigenvalue weighted by Gasteiger charge is 2.09. The molecule has 2 N–H and O–H groups in total. The molecule has 9 heteroatoms. The number of halogens is 1. The zero-order valence-electron chi connectivity index (χ0n) is 15.2. The molecule has 0 aliphatic heterocycles. The summed E-state index contributed by atoms with van der Waals surface area (Å²) in [4.78, 5) is 16.3. The normalized spacial score (nSPS) is 10.4. The van der Waals surface area contributed by atoms with Crippen LogP contribution in [0.2, 0.25) is 0 Å². The Bertz CT molecular complexity index is 917. The highest BCUT2D eigenvalue weighted by atomic mass is 19.1.